The minimum absolute atomic E-state index is 0. The van der Waals surface area contributed by atoms with Crippen LogP contribution in [0.1, 0.15) is 6.92 Å². The van der Waals surface area contributed by atoms with Crippen LogP contribution in [0.25, 0.3) is 0 Å². The topological polar surface area (TPSA) is 55.3 Å². The van der Waals surface area contributed by atoms with Crippen LogP contribution in [0, 0.1) is 0 Å². The molecule has 0 radical (unpaired) electrons. The molecule has 0 saturated heterocycles. The molecule has 0 aliphatic rings. The number of allylic oxidation sites excluding steroid dienone is 1. The zero-order chi connectivity index (χ0) is 7.28. The standard InChI is InChI=1S/C6H10O3.Li.Na/c1-3-9-6(8)4-5(2)7;;/h4,7-8H,2-3H2,1H3;;/q;2*+1/p-2/b6-4-;;. The Morgan fingerprint density at radius 2 is 2.00 bits per heavy atom. The summed E-state index contributed by atoms with van der Waals surface area (Å²) < 4.78 is 4.40. The van der Waals surface area contributed by atoms with Crippen LogP contribution in [0.4, 0.5) is 0 Å². The maximum Gasteiger partial charge on any atom is 1.00 e. The second-order valence-corrected chi connectivity index (χ2v) is 1.36. The van der Waals surface area contributed by atoms with E-state index in [2.05, 4.69) is 11.3 Å². The molecular formula is C6H8LiNaO3. The van der Waals surface area contributed by atoms with Gasteiger partial charge in [0.2, 0.25) is 0 Å². The Morgan fingerprint density at radius 1 is 1.55 bits per heavy atom. The molecule has 0 amide bonds. The van der Waals surface area contributed by atoms with E-state index in [-0.39, 0.29) is 55.0 Å². The Balaban J connectivity index is -0.000000320. The summed E-state index contributed by atoms with van der Waals surface area (Å²) in [5, 5.41) is 20.4. The molecule has 3 nitrogen and oxygen atoms in total. The minimum Gasteiger partial charge on any atom is -0.873 e. The molecule has 52 valence electrons. The summed E-state index contributed by atoms with van der Waals surface area (Å²) in [7, 11) is 0. The van der Waals surface area contributed by atoms with E-state index in [0.717, 1.165) is 6.08 Å². The molecule has 0 aliphatic heterocycles. The molecule has 5 heteroatoms. The number of rotatable bonds is 3. The largest absolute Gasteiger partial charge is 1.00 e. The van der Waals surface area contributed by atoms with Gasteiger partial charge in [-0.15, -0.1) is 12.3 Å². The smallest absolute Gasteiger partial charge is 0.873 e. The van der Waals surface area contributed by atoms with Crippen molar-refractivity contribution in [1.29, 1.82) is 0 Å². The summed E-state index contributed by atoms with van der Waals surface area (Å²) in [4.78, 5) is 0. The first-order chi connectivity index (χ1) is 4.16. The van der Waals surface area contributed by atoms with Crippen molar-refractivity contribution in [2.75, 3.05) is 6.61 Å². The van der Waals surface area contributed by atoms with Crippen molar-refractivity contribution in [3.05, 3.63) is 24.4 Å². The van der Waals surface area contributed by atoms with Crippen molar-refractivity contribution in [1.82, 2.24) is 0 Å². The molecule has 0 saturated carbocycles. The van der Waals surface area contributed by atoms with Gasteiger partial charge in [-0.1, -0.05) is 6.92 Å². The summed E-state index contributed by atoms with van der Waals surface area (Å²) in [5.74, 6) is -1.16. The molecule has 0 unspecified atom stereocenters. The predicted octanol–water partition coefficient (Wildman–Crippen LogP) is -6.89. The average Bonchev–Trinajstić information content (AvgIpc) is 1.63. The third-order valence-electron chi connectivity index (χ3n) is 0.565. The summed E-state index contributed by atoms with van der Waals surface area (Å²) in [6.07, 6.45) is 0.809. The van der Waals surface area contributed by atoms with E-state index in [1.807, 2.05) is 0 Å². The van der Waals surface area contributed by atoms with E-state index in [4.69, 9.17) is 0 Å². The van der Waals surface area contributed by atoms with Gasteiger partial charge in [-0.3, -0.25) is 0 Å². The quantitative estimate of drug-likeness (QED) is 0.233. The normalized spacial score (nSPS) is 9.00. The van der Waals surface area contributed by atoms with Gasteiger partial charge in [-0.2, -0.15) is 0 Å². The van der Waals surface area contributed by atoms with Gasteiger partial charge in [0.25, 0.3) is 0 Å². The average molecular weight is 158 g/mol. The third-order valence-corrected chi connectivity index (χ3v) is 0.565. The molecule has 0 atom stereocenters. The van der Waals surface area contributed by atoms with Crippen LogP contribution in [0.15, 0.2) is 24.4 Å². The van der Waals surface area contributed by atoms with Gasteiger partial charge in [-0.25, -0.2) is 0 Å². The second kappa shape index (κ2) is 10.5. The molecule has 0 aromatic rings. The van der Waals surface area contributed by atoms with E-state index >= 15 is 0 Å². The van der Waals surface area contributed by atoms with Gasteiger partial charge in [0.05, 0.1) is 5.95 Å². The van der Waals surface area contributed by atoms with Crippen molar-refractivity contribution in [3.63, 3.8) is 0 Å². The molecule has 0 bridgehead atoms. The molecule has 0 aromatic heterocycles. The van der Waals surface area contributed by atoms with Crippen molar-refractivity contribution in [3.8, 4) is 0 Å². The van der Waals surface area contributed by atoms with Gasteiger partial charge >= 0.3 is 48.4 Å². The maximum atomic E-state index is 10.3. The van der Waals surface area contributed by atoms with Crippen LogP contribution in [0.5, 0.6) is 0 Å². The molecule has 0 spiro atoms. The Morgan fingerprint density at radius 3 is 2.27 bits per heavy atom. The van der Waals surface area contributed by atoms with E-state index in [0.29, 0.717) is 0 Å². The summed E-state index contributed by atoms with van der Waals surface area (Å²) in [6.45, 7) is 4.91. The van der Waals surface area contributed by atoms with Crippen molar-refractivity contribution >= 4 is 0 Å². The first kappa shape index (κ1) is 17.5. The Labute approximate surface area is 101 Å². The van der Waals surface area contributed by atoms with Crippen LogP contribution >= 0.6 is 0 Å². The monoisotopic (exact) mass is 158 g/mol. The molecular weight excluding hydrogens is 150 g/mol. The maximum absolute atomic E-state index is 10.3. The van der Waals surface area contributed by atoms with Gasteiger partial charge in [0.15, 0.2) is 0 Å². The molecule has 0 heterocycles. The van der Waals surface area contributed by atoms with Crippen LogP contribution in [-0.4, -0.2) is 6.61 Å². The number of hydrogen-bond acceptors (Lipinski definition) is 3. The number of ether oxygens (including phenoxy) is 1. The van der Waals surface area contributed by atoms with E-state index in [1.165, 1.54) is 0 Å². The third kappa shape index (κ3) is 13.5. The fourth-order valence-corrected chi connectivity index (χ4v) is 0.315. The van der Waals surface area contributed by atoms with Crippen LogP contribution in [-0.2, 0) is 4.74 Å². The van der Waals surface area contributed by atoms with E-state index in [9.17, 15) is 10.2 Å². The van der Waals surface area contributed by atoms with Crippen molar-refractivity contribution < 1.29 is 63.4 Å². The predicted molar refractivity (Wildman–Crippen MR) is 28.8 cm³/mol. The molecule has 0 aliphatic carbocycles. The fourth-order valence-electron chi connectivity index (χ4n) is 0.315. The zero-order valence-corrected chi connectivity index (χ0v) is 9.22. The second-order valence-electron chi connectivity index (χ2n) is 1.36. The molecule has 0 N–H and O–H groups in total. The first-order valence-electron chi connectivity index (χ1n) is 2.54. The Hall–Kier alpha value is 0.477. The fraction of sp³-hybridized carbons (Fsp3) is 0.333. The first-order valence-corrected chi connectivity index (χ1v) is 2.54. The van der Waals surface area contributed by atoms with E-state index < -0.39 is 11.7 Å². The Kier molecular flexibility index (Phi) is 16.7. The summed E-state index contributed by atoms with van der Waals surface area (Å²) >= 11 is 0. The van der Waals surface area contributed by atoms with Gasteiger partial charge < -0.3 is 14.9 Å². The molecule has 0 aromatic carbocycles. The van der Waals surface area contributed by atoms with Gasteiger partial charge in [0.1, 0.15) is 0 Å². The van der Waals surface area contributed by atoms with Crippen LogP contribution in [0.3, 0.4) is 0 Å². The van der Waals surface area contributed by atoms with Crippen molar-refractivity contribution in [2.24, 2.45) is 0 Å². The van der Waals surface area contributed by atoms with Gasteiger partial charge in [0, 0.05) is 0 Å². The van der Waals surface area contributed by atoms with Crippen molar-refractivity contribution in [2.45, 2.75) is 6.92 Å². The summed E-state index contributed by atoms with van der Waals surface area (Å²) in [5.41, 5.74) is 0. The van der Waals surface area contributed by atoms with Crippen LogP contribution < -0.4 is 58.6 Å². The van der Waals surface area contributed by atoms with Gasteiger partial charge in [-0.05, 0) is 12.7 Å². The van der Waals surface area contributed by atoms with Crippen LogP contribution in [0.2, 0.25) is 0 Å². The SMILES string of the molecule is C=C([O-])/C=C(/[O-])OCC.[Li+].[Na+]. The molecule has 0 fully saturated rings. The molecule has 0 rings (SSSR count). The Bertz CT molecular complexity index is 136. The zero-order valence-electron chi connectivity index (χ0n) is 7.22. The molecule has 11 heavy (non-hydrogen) atoms. The number of hydrogen-bond donors (Lipinski definition) is 0. The summed E-state index contributed by atoms with van der Waals surface area (Å²) in [6, 6.07) is 0. The van der Waals surface area contributed by atoms with E-state index in [1.54, 1.807) is 6.92 Å². The minimum atomic E-state index is -0.627.